The molecule has 0 bridgehead atoms. The summed E-state index contributed by atoms with van der Waals surface area (Å²) in [4.78, 5) is 7.15. The van der Waals surface area contributed by atoms with Crippen LogP contribution in [0, 0.1) is 11.3 Å². The van der Waals surface area contributed by atoms with E-state index >= 15 is 0 Å². The standard InChI is InChI=1S/C13H13N3O/c1-9(17)13-15-8-12(16-13)6-10-2-4-11(7-14)5-3-10/h2-5,8-9,17H,6H2,1H3,(H,15,16). The van der Waals surface area contributed by atoms with Gasteiger partial charge in [0.15, 0.2) is 0 Å². The van der Waals surface area contributed by atoms with Gasteiger partial charge in [-0.2, -0.15) is 5.26 Å². The Morgan fingerprint density at radius 2 is 2.12 bits per heavy atom. The number of nitrogens with zero attached hydrogens (tertiary/aromatic N) is 2. The third-order valence-electron chi connectivity index (χ3n) is 2.52. The Bertz CT molecular complexity index is 535. The molecule has 0 spiro atoms. The molecular weight excluding hydrogens is 214 g/mol. The molecule has 4 nitrogen and oxygen atoms in total. The molecule has 1 atom stereocenters. The number of aliphatic hydroxyl groups excluding tert-OH is 1. The molecular formula is C13H13N3O. The summed E-state index contributed by atoms with van der Waals surface area (Å²) in [5.74, 6) is 0.577. The van der Waals surface area contributed by atoms with Crippen LogP contribution in [-0.2, 0) is 6.42 Å². The minimum Gasteiger partial charge on any atom is -0.385 e. The summed E-state index contributed by atoms with van der Waals surface area (Å²) in [5, 5.41) is 18.0. The molecule has 0 fully saturated rings. The maximum Gasteiger partial charge on any atom is 0.134 e. The van der Waals surface area contributed by atoms with E-state index in [0.29, 0.717) is 17.8 Å². The van der Waals surface area contributed by atoms with Crippen LogP contribution in [-0.4, -0.2) is 15.1 Å². The zero-order valence-corrected chi connectivity index (χ0v) is 9.51. The van der Waals surface area contributed by atoms with Gasteiger partial charge in [-0.3, -0.25) is 0 Å². The van der Waals surface area contributed by atoms with E-state index in [1.807, 2.05) is 12.1 Å². The zero-order valence-electron chi connectivity index (χ0n) is 9.51. The van der Waals surface area contributed by atoms with Crippen molar-refractivity contribution >= 4 is 0 Å². The molecule has 1 heterocycles. The largest absolute Gasteiger partial charge is 0.385 e. The van der Waals surface area contributed by atoms with Gasteiger partial charge in [-0.1, -0.05) is 12.1 Å². The smallest absolute Gasteiger partial charge is 0.134 e. The second-order valence-corrected chi connectivity index (χ2v) is 3.96. The van der Waals surface area contributed by atoms with Crippen molar-refractivity contribution in [2.75, 3.05) is 0 Å². The molecule has 0 aliphatic carbocycles. The van der Waals surface area contributed by atoms with Crippen molar-refractivity contribution in [2.24, 2.45) is 0 Å². The van der Waals surface area contributed by atoms with Crippen LogP contribution in [0.5, 0.6) is 0 Å². The molecule has 0 aliphatic heterocycles. The van der Waals surface area contributed by atoms with E-state index in [9.17, 15) is 5.11 Å². The number of hydrogen-bond acceptors (Lipinski definition) is 3. The van der Waals surface area contributed by atoms with Crippen molar-refractivity contribution in [1.29, 1.82) is 5.26 Å². The van der Waals surface area contributed by atoms with Crippen molar-refractivity contribution in [1.82, 2.24) is 9.97 Å². The molecule has 17 heavy (non-hydrogen) atoms. The van der Waals surface area contributed by atoms with Crippen LogP contribution in [0.15, 0.2) is 30.5 Å². The highest BCUT2D eigenvalue weighted by atomic mass is 16.3. The molecule has 0 saturated carbocycles. The van der Waals surface area contributed by atoms with E-state index in [4.69, 9.17) is 5.26 Å². The van der Waals surface area contributed by atoms with Crippen LogP contribution >= 0.6 is 0 Å². The van der Waals surface area contributed by atoms with Crippen LogP contribution in [0.3, 0.4) is 0 Å². The van der Waals surface area contributed by atoms with E-state index in [1.165, 1.54) is 0 Å². The van der Waals surface area contributed by atoms with Gasteiger partial charge < -0.3 is 10.1 Å². The summed E-state index contributed by atoms with van der Waals surface area (Å²) >= 11 is 0. The SMILES string of the molecule is CC(O)c1ncc(Cc2ccc(C#N)cc2)[nH]1. The predicted molar refractivity (Wildman–Crippen MR) is 63.2 cm³/mol. The number of imidazole rings is 1. The average molecular weight is 227 g/mol. The van der Waals surface area contributed by atoms with Gasteiger partial charge in [0, 0.05) is 18.3 Å². The quantitative estimate of drug-likeness (QED) is 0.841. The van der Waals surface area contributed by atoms with Crippen molar-refractivity contribution in [3.63, 3.8) is 0 Å². The van der Waals surface area contributed by atoms with Gasteiger partial charge >= 0.3 is 0 Å². The minimum absolute atomic E-state index is 0.577. The van der Waals surface area contributed by atoms with Crippen LogP contribution in [0.4, 0.5) is 0 Å². The van der Waals surface area contributed by atoms with E-state index < -0.39 is 6.10 Å². The van der Waals surface area contributed by atoms with Gasteiger partial charge in [0.25, 0.3) is 0 Å². The van der Waals surface area contributed by atoms with E-state index in [0.717, 1.165) is 11.3 Å². The molecule has 2 N–H and O–H groups in total. The summed E-state index contributed by atoms with van der Waals surface area (Å²) in [5.41, 5.74) is 2.71. The lowest BCUT2D eigenvalue weighted by molar-refractivity contribution is 0.190. The molecule has 0 aliphatic rings. The van der Waals surface area contributed by atoms with Crippen LogP contribution < -0.4 is 0 Å². The lowest BCUT2D eigenvalue weighted by Gasteiger charge is -2.00. The number of aromatic amines is 1. The van der Waals surface area contributed by atoms with Crippen molar-refractivity contribution in [2.45, 2.75) is 19.4 Å². The Morgan fingerprint density at radius 1 is 1.41 bits per heavy atom. The number of nitriles is 1. The molecule has 86 valence electrons. The highest BCUT2D eigenvalue weighted by Crippen LogP contribution is 2.12. The number of nitrogens with one attached hydrogen (secondary N) is 1. The van der Waals surface area contributed by atoms with Crippen molar-refractivity contribution in [3.05, 3.63) is 53.1 Å². The maximum atomic E-state index is 9.34. The second-order valence-electron chi connectivity index (χ2n) is 3.96. The number of rotatable bonds is 3. The molecule has 1 aromatic carbocycles. The monoisotopic (exact) mass is 227 g/mol. The molecule has 1 aromatic heterocycles. The summed E-state index contributed by atoms with van der Waals surface area (Å²) in [6, 6.07) is 9.51. The first-order valence-electron chi connectivity index (χ1n) is 5.40. The number of benzene rings is 1. The maximum absolute atomic E-state index is 9.34. The zero-order chi connectivity index (χ0) is 12.3. The van der Waals surface area contributed by atoms with Crippen LogP contribution in [0.1, 0.15) is 35.7 Å². The molecule has 1 unspecified atom stereocenters. The number of aliphatic hydroxyl groups is 1. The Labute approximate surface area is 99.6 Å². The molecule has 2 rings (SSSR count). The average Bonchev–Trinajstić information content (AvgIpc) is 2.79. The Balaban J connectivity index is 2.11. The first kappa shape index (κ1) is 11.4. The van der Waals surface area contributed by atoms with Gasteiger partial charge in [0.1, 0.15) is 11.9 Å². The van der Waals surface area contributed by atoms with E-state index in [-0.39, 0.29) is 0 Å². The van der Waals surface area contributed by atoms with Gasteiger partial charge in [-0.25, -0.2) is 4.98 Å². The fraction of sp³-hybridized carbons (Fsp3) is 0.231. The highest BCUT2D eigenvalue weighted by molar-refractivity contribution is 5.33. The summed E-state index contributed by atoms with van der Waals surface area (Å²) < 4.78 is 0. The molecule has 4 heteroatoms. The molecule has 2 aromatic rings. The van der Waals surface area contributed by atoms with E-state index in [1.54, 1.807) is 25.3 Å². The van der Waals surface area contributed by atoms with Crippen molar-refractivity contribution in [3.8, 4) is 6.07 Å². The minimum atomic E-state index is -0.579. The topological polar surface area (TPSA) is 72.7 Å². The molecule has 0 saturated heterocycles. The van der Waals surface area contributed by atoms with Gasteiger partial charge in [-0.15, -0.1) is 0 Å². The summed E-state index contributed by atoms with van der Waals surface area (Å²) in [6.07, 6.45) is 1.86. The van der Waals surface area contributed by atoms with E-state index in [2.05, 4.69) is 16.0 Å². The first-order valence-corrected chi connectivity index (χ1v) is 5.40. The molecule has 0 amide bonds. The van der Waals surface area contributed by atoms with Gasteiger partial charge in [-0.05, 0) is 24.6 Å². The third kappa shape index (κ3) is 2.71. The third-order valence-corrected chi connectivity index (χ3v) is 2.52. The summed E-state index contributed by atoms with van der Waals surface area (Å²) in [6.45, 7) is 1.67. The highest BCUT2D eigenvalue weighted by Gasteiger charge is 2.06. The second kappa shape index (κ2) is 4.81. The normalized spacial score (nSPS) is 12.1. The lowest BCUT2D eigenvalue weighted by atomic mass is 10.1. The fourth-order valence-corrected chi connectivity index (χ4v) is 1.60. The number of hydrogen-bond donors (Lipinski definition) is 2. The Kier molecular flexibility index (Phi) is 3.22. The van der Waals surface area contributed by atoms with Crippen LogP contribution in [0.2, 0.25) is 0 Å². The van der Waals surface area contributed by atoms with Crippen molar-refractivity contribution < 1.29 is 5.11 Å². The lowest BCUT2D eigenvalue weighted by Crippen LogP contribution is -1.94. The molecule has 0 radical (unpaired) electrons. The Hall–Kier alpha value is -2.12. The Morgan fingerprint density at radius 3 is 2.65 bits per heavy atom. The van der Waals surface area contributed by atoms with Gasteiger partial charge in [0.05, 0.1) is 11.6 Å². The summed E-state index contributed by atoms with van der Waals surface area (Å²) in [7, 11) is 0. The number of aromatic nitrogens is 2. The van der Waals surface area contributed by atoms with Crippen LogP contribution in [0.25, 0.3) is 0 Å². The fourth-order valence-electron chi connectivity index (χ4n) is 1.60. The first-order chi connectivity index (χ1) is 8.19. The number of H-pyrrole nitrogens is 1. The predicted octanol–water partition coefficient (Wildman–Crippen LogP) is 1.93. The van der Waals surface area contributed by atoms with Gasteiger partial charge in [0.2, 0.25) is 0 Å².